The van der Waals surface area contributed by atoms with Crippen LogP contribution in [0, 0.1) is 17.3 Å². The Morgan fingerprint density at radius 3 is 2.76 bits per heavy atom. The summed E-state index contributed by atoms with van der Waals surface area (Å²) in [5.74, 6) is 1.86. The summed E-state index contributed by atoms with van der Waals surface area (Å²) in [6, 6.07) is 0. The molecule has 17 heavy (non-hydrogen) atoms. The van der Waals surface area contributed by atoms with Gasteiger partial charge in [-0.25, -0.2) is 0 Å². The van der Waals surface area contributed by atoms with Crippen molar-refractivity contribution in [2.45, 2.75) is 33.1 Å². The highest BCUT2D eigenvalue weighted by Crippen LogP contribution is 2.59. The van der Waals surface area contributed by atoms with Crippen molar-refractivity contribution in [1.29, 1.82) is 0 Å². The predicted molar refractivity (Wildman–Crippen MR) is 70.0 cm³/mol. The van der Waals surface area contributed by atoms with E-state index in [2.05, 4.69) is 24.8 Å². The molecule has 0 aromatic heterocycles. The van der Waals surface area contributed by atoms with Gasteiger partial charge in [0.2, 0.25) is 0 Å². The van der Waals surface area contributed by atoms with Crippen LogP contribution in [-0.4, -0.2) is 37.7 Å². The summed E-state index contributed by atoms with van der Waals surface area (Å²) in [6.07, 6.45) is 6.63. The van der Waals surface area contributed by atoms with Gasteiger partial charge in [-0.3, -0.25) is 4.90 Å². The van der Waals surface area contributed by atoms with Crippen molar-refractivity contribution < 1.29 is 4.74 Å². The highest BCUT2D eigenvalue weighted by Gasteiger charge is 2.50. The van der Waals surface area contributed by atoms with Gasteiger partial charge < -0.3 is 4.74 Å². The third kappa shape index (κ3) is 2.06. The molecule has 1 saturated heterocycles. The van der Waals surface area contributed by atoms with E-state index in [1.54, 1.807) is 5.57 Å². The van der Waals surface area contributed by atoms with E-state index >= 15 is 0 Å². The molecule has 0 radical (unpaired) electrons. The minimum atomic E-state index is 0.592. The normalized spacial score (nSPS) is 36.2. The number of allylic oxidation sites excluding steroid dienone is 1. The average molecular weight is 235 g/mol. The van der Waals surface area contributed by atoms with Crippen molar-refractivity contribution in [2.24, 2.45) is 17.3 Å². The minimum Gasteiger partial charge on any atom is -0.379 e. The van der Waals surface area contributed by atoms with E-state index in [0.717, 1.165) is 38.1 Å². The van der Waals surface area contributed by atoms with Gasteiger partial charge in [0.25, 0.3) is 0 Å². The van der Waals surface area contributed by atoms with Crippen molar-refractivity contribution in [2.75, 3.05) is 32.8 Å². The number of rotatable bonds is 3. The maximum Gasteiger partial charge on any atom is 0.0594 e. The van der Waals surface area contributed by atoms with E-state index in [1.807, 2.05) is 0 Å². The molecule has 0 aromatic carbocycles. The monoisotopic (exact) mass is 235 g/mol. The van der Waals surface area contributed by atoms with E-state index in [4.69, 9.17) is 4.74 Å². The Balaban J connectivity index is 1.54. The number of fused-ring (bicyclic) bond motifs is 1. The highest BCUT2D eigenvalue weighted by molar-refractivity contribution is 5.23. The molecular formula is C15H25NO. The molecule has 2 atom stereocenters. The van der Waals surface area contributed by atoms with Gasteiger partial charge in [0, 0.05) is 19.6 Å². The molecule has 3 aliphatic carbocycles. The molecule has 1 heterocycles. The van der Waals surface area contributed by atoms with Crippen LogP contribution in [0.2, 0.25) is 0 Å². The van der Waals surface area contributed by atoms with E-state index in [1.165, 1.54) is 25.8 Å². The lowest BCUT2D eigenvalue weighted by atomic mass is 9.48. The van der Waals surface area contributed by atoms with E-state index in [-0.39, 0.29) is 0 Å². The largest absolute Gasteiger partial charge is 0.379 e. The van der Waals surface area contributed by atoms with E-state index in [0.29, 0.717) is 5.41 Å². The molecule has 1 aliphatic heterocycles. The Morgan fingerprint density at radius 2 is 2.12 bits per heavy atom. The third-order valence-corrected chi connectivity index (χ3v) is 5.40. The predicted octanol–water partition coefficient (Wildman–Crippen LogP) is 2.70. The fraction of sp³-hybridized carbons (Fsp3) is 0.867. The number of ether oxygens (including phenoxy) is 1. The summed E-state index contributed by atoms with van der Waals surface area (Å²) >= 11 is 0. The van der Waals surface area contributed by atoms with Crippen LogP contribution in [0.1, 0.15) is 33.1 Å². The van der Waals surface area contributed by atoms with Crippen molar-refractivity contribution in [3.63, 3.8) is 0 Å². The Labute approximate surface area is 105 Å². The molecule has 0 amide bonds. The number of nitrogens with zero attached hydrogens (tertiary/aromatic N) is 1. The minimum absolute atomic E-state index is 0.592. The van der Waals surface area contributed by atoms with Gasteiger partial charge in [-0.05, 0) is 36.5 Å². The number of hydrogen-bond acceptors (Lipinski definition) is 2. The van der Waals surface area contributed by atoms with Crippen molar-refractivity contribution in [3.05, 3.63) is 11.6 Å². The molecule has 2 bridgehead atoms. The van der Waals surface area contributed by atoms with Gasteiger partial charge in [-0.15, -0.1) is 0 Å². The van der Waals surface area contributed by atoms with E-state index < -0.39 is 0 Å². The van der Waals surface area contributed by atoms with Crippen LogP contribution in [0.3, 0.4) is 0 Å². The Kier molecular flexibility index (Phi) is 3.04. The Bertz CT molecular complexity index is 315. The maximum atomic E-state index is 5.40. The van der Waals surface area contributed by atoms with Gasteiger partial charge in [-0.1, -0.05) is 25.5 Å². The van der Waals surface area contributed by atoms with Gasteiger partial charge in [0.05, 0.1) is 13.2 Å². The molecule has 0 aromatic rings. The van der Waals surface area contributed by atoms with Crippen LogP contribution >= 0.6 is 0 Å². The third-order valence-electron chi connectivity index (χ3n) is 5.40. The summed E-state index contributed by atoms with van der Waals surface area (Å²) in [7, 11) is 0. The van der Waals surface area contributed by atoms with E-state index in [9.17, 15) is 0 Å². The summed E-state index contributed by atoms with van der Waals surface area (Å²) in [6.45, 7) is 10.3. The molecule has 4 aliphatic rings. The van der Waals surface area contributed by atoms with Crippen molar-refractivity contribution in [1.82, 2.24) is 4.90 Å². The summed E-state index contributed by atoms with van der Waals surface area (Å²) in [5, 5.41) is 0. The van der Waals surface area contributed by atoms with Crippen LogP contribution < -0.4 is 0 Å². The van der Waals surface area contributed by atoms with Gasteiger partial charge in [-0.2, -0.15) is 0 Å². The molecule has 2 nitrogen and oxygen atoms in total. The SMILES string of the molecule is CC1(C)[C@H]2CC=C(CCN3CCOCC3)[C@H]1C2. The second-order valence-electron chi connectivity index (χ2n) is 6.53. The van der Waals surface area contributed by atoms with Crippen molar-refractivity contribution >= 4 is 0 Å². The molecule has 4 rings (SSSR count). The number of morpholine rings is 1. The lowest BCUT2D eigenvalue weighted by molar-refractivity contribution is -0.0107. The standard InChI is InChI=1S/C15H25NO/c1-15(2)13-4-3-12(14(15)11-13)5-6-16-7-9-17-10-8-16/h3,13-14H,4-11H2,1-2H3/t13-,14+/m0/s1. The fourth-order valence-corrected chi connectivity index (χ4v) is 3.87. The molecule has 1 saturated carbocycles. The zero-order valence-corrected chi connectivity index (χ0v) is 11.2. The first-order valence-corrected chi connectivity index (χ1v) is 7.17. The highest BCUT2D eigenvalue weighted by atomic mass is 16.5. The average Bonchev–Trinajstić information content (AvgIpc) is 2.37. The maximum absolute atomic E-state index is 5.40. The number of hydrogen-bond donors (Lipinski definition) is 0. The summed E-state index contributed by atoms with van der Waals surface area (Å²) < 4.78 is 5.40. The molecule has 0 N–H and O–H groups in total. The second kappa shape index (κ2) is 4.40. The molecule has 2 heteroatoms. The fourth-order valence-electron chi connectivity index (χ4n) is 3.87. The van der Waals surface area contributed by atoms with Crippen LogP contribution in [-0.2, 0) is 4.74 Å². The molecule has 96 valence electrons. The Morgan fingerprint density at radius 1 is 1.35 bits per heavy atom. The van der Waals surface area contributed by atoms with Crippen molar-refractivity contribution in [3.8, 4) is 0 Å². The Hall–Kier alpha value is -0.340. The molecular weight excluding hydrogens is 210 g/mol. The van der Waals surface area contributed by atoms with Gasteiger partial charge >= 0.3 is 0 Å². The molecule has 0 unspecified atom stereocenters. The lowest BCUT2D eigenvalue weighted by Gasteiger charge is -2.56. The van der Waals surface area contributed by atoms with Crippen LogP contribution in [0.25, 0.3) is 0 Å². The first-order valence-electron chi connectivity index (χ1n) is 7.17. The lowest BCUT2D eigenvalue weighted by Crippen LogP contribution is -2.48. The molecule has 2 fully saturated rings. The smallest absolute Gasteiger partial charge is 0.0594 e. The van der Waals surface area contributed by atoms with Crippen LogP contribution in [0.5, 0.6) is 0 Å². The first-order chi connectivity index (χ1) is 8.18. The van der Waals surface area contributed by atoms with Crippen LogP contribution in [0.15, 0.2) is 11.6 Å². The summed E-state index contributed by atoms with van der Waals surface area (Å²) in [4.78, 5) is 2.56. The second-order valence-corrected chi connectivity index (χ2v) is 6.53. The zero-order chi connectivity index (χ0) is 11.9. The topological polar surface area (TPSA) is 12.5 Å². The van der Waals surface area contributed by atoms with Gasteiger partial charge in [0.1, 0.15) is 0 Å². The first kappa shape index (κ1) is 11.7. The summed E-state index contributed by atoms with van der Waals surface area (Å²) in [5.41, 5.74) is 2.35. The van der Waals surface area contributed by atoms with Gasteiger partial charge in [0.15, 0.2) is 0 Å². The molecule has 0 spiro atoms. The quantitative estimate of drug-likeness (QED) is 0.697. The van der Waals surface area contributed by atoms with Crippen LogP contribution in [0.4, 0.5) is 0 Å². The zero-order valence-electron chi connectivity index (χ0n) is 11.2.